The number of nitrogens with one attached hydrogen (secondary N) is 1. The molecule has 0 fully saturated rings. The molecule has 0 unspecified atom stereocenters. The molecule has 1 aromatic carbocycles. The molecule has 0 bridgehead atoms. The number of hydrogen-bond acceptors (Lipinski definition) is 1. The molecule has 3 nitrogen and oxygen atoms in total. The molecular weight excluding hydrogens is 291 g/mol. The predicted molar refractivity (Wildman–Crippen MR) is 88.2 cm³/mol. The molecule has 1 heterocycles. The van der Waals surface area contributed by atoms with Gasteiger partial charge in [-0.05, 0) is 42.0 Å². The van der Waals surface area contributed by atoms with E-state index in [-0.39, 0.29) is 18.3 Å². The van der Waals surface area contributed by atoms with Crippen molar-refractivity contribution in [1.82, 2.24) is 5.32 Å². The van der Waals surface area contributed by atoms with E-state index in [9.17, 15) is 9.18 Å². The van der Waals surface area contributed by atoms with Gasteiger partial charge in [0.2, 0.25) is 6.54 Å². The highest BCUT2D eigenvalue weighted by Gasteiger charge is 2.12. The van der Waals surface area contributed by atoms with Crippen LogP contribution in [0.4, 0.5) is 4.39 Å². The van der Waals surface area contributed by atoms with Gasteiger partial charge in [-0.15, -0.1) is 0 Å². The summed E-state index contributed by atoms with van der Waals surface area (Å²) in [4.78, 5) is 12.0. The van der Waals surface area contributed by atoms with Crippen molar-refractivity contribution in [3.63, 3.8) is 0 Å². The number of nitrogens with zero attached hydrogens (tertiary/aromatic N) is 1. The van der Waals surface area contributed by atoms with Gasteiger partial charge in [-0.2, -0.15) is 4.57 Å². The Kier molecular flexibility index (Phi) is 6.27. The molecule has 1 N–H and O–H groups in total. The molecule has 4 heteroatoms. The Morgan fingerprint density at radius 3 is 2.26 bits per heavy atom. The second-order valence-electron chi connectivity index (χ2n) is 5.72. The lowest BCUT2D eigenvalue weighted by Crippen LogP contribution is -2.42. The summed E-state index contributed by atoms with van der Waals surface area (Å²) >= 11 is 0. The third-order valence-corrected chi connectivity index (χ3v) is 4.10. The van der Waals surface area contributed by atoms with Gasteiger partial charge in [0.1, 0.15) is 5.82 Å². The molecule has 0 atom stereocenters. The zero-order valence-electron chi connectivity index (χ0n) is 13.8. The summed E-state index contributed by atoms with van der Waals surface area (Å²) in [5, 5.41) is 2.84. The number of benzene rings is 1. The molecule has 0 aliphatic carbocycles. The highest BCUT2D eigenvalue weighted by Crippen LogP contribution is 2.21. The van der Waals surface area contributed by atoms with Gasteiger partial charge in [-0.25, -0.2) is 4.39 Å². The topological polar surface area (TPSA) is 33.0 Å². The first kappa shape index (κ1) is 17.1. The quantitative estimate of drug-likeness (QED) is 0.781. The van der Waals surface area contributed by atoms with E-state index in [4.69, 9.17) is 0 Å². The van der Waals surface area contributed by atoms with Gasteiger partial charge in [-0.1, -0.05) is 26.0 Å². The van der Waals surface area contributed by atoms with Gasteiger partial charge < -0.3 is 5.32 Å². The molecule has 0 spiro atoms. The molecule has 2 aromatic rings. The molecule has 2 rings (SSSR count). The fraction of sp³-hybridized carbons (Fsp3) is 0.368. The average Bonchev–Trinajstić information content (AvgIpc) is 2.57. The minimum atomic E-state index is -0.270. The van der Waals surface area contributed by atoms with Crippen LogP contribution in [0, 0.1) is 5.82 Å². The maximum absolute atomic E-state index is 12.8. The van der Waals surface area contributed by atoms with Crippen LogP contribution in [-0.2, 0) is 17.9 Å². The Balaban J connectivity index is 1.86. The third kappa shape index (κ3) is 5.16. The Hall–Kier alpha value is -2.23. The van der Waals surface area contributed by atoms with Gasteiger partial charge in [0.05, 0.1) is 0 Å². The lowest BCUT2D eigenvalue weighted by atomic mass is 9.95. The van der Waals surface area contributed by atoms with Crippen LogP contribution in [0.15, 0.2) is 48.8 Å². The molecule has 1 amide bonds. The zero-order valence-corrected chi connectivity index (χ0v) is 13.8. The smallest absolute Gasteiger partial charge is 0.286 e. The average molecular weight is 315 g/mol. The fourth-order valence-electron chi connectivity index (χ4n) is 2.63. The van der Waals surface area contributed by atoms with E-state index in [1.54, 1.807) is 12.1 Å². The lowest BCUT2D eigenvalue weighted by Gasteiger charge is -2.11. The first-order chi connectivity index (χ1) is 11.1. The monoisotopic (exact) mass is 315 g/mol. The highest BCUT2D eigenvalue weighted by molar-refractivity contribution is 5.74. The molecule has 0 saturated heterocycles. The maximum atomic E-state index is 12.8. The van der Waals surface area contributed by atoms with Crippen LogP contribution in [0.2, 0.25) is 0 Å². The second kappa shape index (κ2) is 8.42. The number of carbonyl (C=O) groups is 1. The van der Waals surface area contributed by atoms with Gasteiger partial charge >= 0.3 is 0 Å². The Labute approximate surface area is 137 Å². The lowest BCUT2D eigenvalue weighted by molar-refractivity contribution is -0.684. The number of halogens is 1. The van der Waals surface area contributed by atoms with Gasteiger partial charge in [-0.3, -0.25) is 4.79 Å². The van der Waals surface area contributed by atoms with Crippen LogP contribution in [0.3, 0.4) is 0 Å². The van der Waals surface area contributed by atoms with E-state index in [0.717, 1.165) is 18.4 Å². The van der Waals surface area contributed by atoms with E-state index < -0.39 is 0 Å². The van der Waals surface area contributed by atoms with Crippen molar-refractivity contribution in [2.45, 2.75) is 45.7 Å². The van der Waals surface area contributed by atoms with E-state index in [0.29, 0.717) is 12.5 Å². The van der Waals surface area contributed by atoms with Crippen molar-refractivity contribution in [2.75, 3.05) is 0 Å². The number of carbonyl (C=O) groups excluding carboxylic acids is 1. The second-order valence-corrected chi connectivity index (χ2v) is 5.72. The number of hydrogen-bond donors (Lipinski definition) is 1. The minimum Gasteiger partial charge on any atom is -0.347 e. The van der Waals surface area contributed by atoms with Crippen LogP contribution >= 0.6 is 0 Å². The standard InChI is InChI=1S/C19H23FN2O/c1-3-16(4-2)17-9-11-22(12-10-17)14-19(23)21-13-15-5-7-18(20)8-6-15/h5-12,16H,3-4,13-14H2,1-2H3/p+1. The number of aromatic nitrogens is 1. The number of rotatable bonds is 7. The number of amides is 1. The van der Waals surface area contributed by atoms with E-state index in [1.165, 1.54) is 17.7 Å². The van der Waals surface area contributed by atoms with Crippen molar-refractivity contribution < 1.29 is 13.8 Å². The molecule has 0 aliphatic heterocycles. The Morgan fingerprint density at radius 2 is 1.70 bits per heavy atom. The summed E-state index contributed by atoms with van der Waals surface area (Å²) in [6.07, 6.45) is 6.15. The summed E-state index contributed by atoms with van der Waals surface area (Å²) in [6.45, 7) is 5.08. The molecule has 0 aliphatic rings. The normalized spacial score (nSPS) is 10.8. The van der Waals surface area contributed by atoms with Crippen LogP contribution in [0.25, 0.3) is 0 Å². The maximum Gasteiger partial charge on any atom is 0.286 e. The first-order valence-electron chi connectivity index (χ1n) is 8.12. The third-order valence-electron chi connectivity index (χ3n) is 4.10. The molecular formula is C19H24FN2O+. The minimum absolute atomic E-state index is 0.0605. The summed E-state index contributed by atoms with van der Waals surface area (Å²) < 4.78 is 14.7. The van der Waals surface area contributed by atoms with Crippen LogP contribution in [0.5, 0.6) is 0 Å². The van der Waals surface area contributed by atoms with Crippen LogP contribution < -0.4 is 9.88 Å². The molecule has 1 aromatic heterocycles. The van der Waals surface area contributed by atoms with Crippen LogP contribution in [0.1, 0.15) is 43.7 Å². The van der Waals surface area contributed by atoms with E-state index in [2.05, 4.69) is 31.3 Å². The summed E-state index contributed by atoms with van der Waals surface area (Å²) in [7, 11) is 0. The van der Waals surface area contributed by atoms with Crippen molar-refractivity contribution in [3.8, 4) is 0 Å². The Morgan fingerprint density at radius 1 is 1.09 bits per heavy atom. The van der Waals surface area contributed by atoms with Crippen molar-refractivity contribution in [3.05, 3.63) is 65.7 Å². The predicted octanol–water partition coefficient (Wildman–Crippen LogP) is 3.33. The Bertz CT molecular complexity index is 619. The van der Waals surface area contributed by atoms with Gasteiger partial charge in [0.25, 0.3) is 5.91 Å². The number of pyridine rings is 1. The van der Waals surface area contributed by atoms with Gasteiger partial charge in [0, 0.05) is 18.7 Å². The molecule has 23 heavy (non-hydrogen) atoms. The fourth-order valence-corrected chi connectivity index (χ4v) is 2.63. The first-order valence-corrected chi connectivity index (χ1v) is 8.12. The van der Waals surface area contributed by atoms with E-state index in [1.807, 2.05) is 17.0 Å². The highest BCUT2D eigenvalue weighted by atomic mass is 19.1. The summed E-state index contributed by atoms with van der Waals surface area (Å²) in [5.74, 6) is 0.250. The molecule has 0 radical (unpaired) electrons. The van der Waals surface area contributed by atoms with E-state index >= 15 is 0 Å². The largest absolute Gasteiger partial charge is 0.347 e. The van der Waals surface area contributed by atoms with Crippen LogP contribution in [-0.4, -0.2) is 5.91 Å². The summed E-state index contributed by atoms with van der Waals surface area (Å²) in [5.41, 5.74) is 2.20. The summed E-state index contributed by atoms with van der Waals surface area (Å²) in [6, 6.07) is 10.3. The van der Waals surface area contributed by atoms with Crippen molar-refractivity contribution in [2.24, 2.45) is 0 Å². The SMILES string of the molecule is CCC(CC)c1cc[n+](CC(=O)NCc2ccc(F)cc2)cc1. The van der Waals surface area contributed by atoms with Crippen molar-refractivity contribution >= 4 is 5.91 Å². The zero-order chi connectivity index (χ0) is 16.7. The van der Waals surface area contributed by atoms with Crippen molar-refractivity contribution in [1.29, 1.82) is 0 Å². The molecule has 122 valence electrons. The van der Waals surface area contributed by atoms with Gasteiger partial charge in [0.15, 0.2) is 12.4 Å². The molecule has 0 saturated carbocycles.